The highest BCUT2D eigenvalue weighted by Gasteiger charge is 2.23. The first-order valence-corrected chi connectivity index (χ1v) is 7.18. The molecule has 2 heterocycles. The zero-order valence-electron chi connectivity index (χ0n) is 11.1. The van der Waals surface area contributed by atoms with E-state index in [1.165, 1.54) is 64.8 Å². The quantitative estimate of drug-likeness (QED) is 0.726. The molecule has 2 nitrogen and oxygen atoms in total. The lowest BCUT2D eigenvalue weighted by atomic mass is 9.92. The van der Waals surface area contributed by atoms with Gasteiger partial charge in [0.2, 0.25) is 0 Å². The van der Waals surface area contributed by atoms with Gasteiger partial charge in [0.1, 0.15) is 0 Å². The smallest absolute Gasteiger partial charge is 0.00219 e. The van der Waals surface area contributed by atoms with Gasteiger partial charge in [-0.3, -0.25) is 0 Å². The second kappa shape index (κ2) is 6.02. The summed E-state index contributed by atoms with van der Waals surface area (Å²) in [6.45, 7) is 9.07. The summed E-state index contributed by atoms with van der Waals surface area (Å²) in [5.74, 6) is 1.96. The Labute approximate surface area is 101 Å². The third-order valence-corrected chi connectivity index (χ3v) is 4.52. The maximum atomic E-state index is 2.72. The molecule has 2 aliphatic rings. The first-order chi connectivity index (χ1) is 7.78. The Hall–Kier alpha value is -0.0800. The molecule has 2 fully saturated rings. The van der Waals surface area contributed by atoms with Gasteiger partial charge < -0.3 is 9.80 Å². The molecule has 0 bridgehead atoms. The minimum atomic E-state index is 0.942. The molecule has 0 aromatic carbocycles. The van der Waals surface area contributed by atoms with Crippen LogP contribution in [0.4, 0.5) is 0 Å². The molecule has 94 valence electrons. The number of nitrogens with zero attached hydrogens (tertiary/aromatic N) is 2. The van der Waals surface area contributed by atoms with Gasteiger partial charge >= 0.3 is 0 Å². The maximum Gasteiger partial charge on any atom is 0.00219 e. The van der Waals surface area contributed by atoms with Crippen LogP contribution in [0.15, 0.2) is 0 Å². The molecule has 0 saturated carbocycles. The second-order valence-electron chi connectivity index (χ2n) is 5.92. The molecular weight excluding hydrogens is 196 g/mol. The first kappa shape index (κ1) is 12.4. The summed E-state index contributed by atoms with van der Waals surface area (Å²) in [6.07, 6.45) is 7.14. The highest BCUT2D eigenvalue weighted by atomic mass is 15.2. The third kappa shape index (κ3) is 3.46. The average Bonchev–Trinajstić information content (AvgIpc) is 2.30. The maximum absolute atomic E-state index is 2.72. The second-order valence-corrected chi connectivity index (χ2v) is 5.92. The average molecular weight is 224 g/mol. The normalized spacial score (nSPS) is 30.8. The molecule has 0 N–H and O–H groups in total. The Morgan fingerprint density at radius 2 is 1.75 bits per heavy atom. The van der Waals surface area contributed by atoms with Gasteiger partial charge in [0.05, 0.1) is 0 Å². The molecule has 2 saturated heterocycles. The molecule has 1 unspecified atom stereocenters. The lowest BCUT2D eigenvalue weighted by molar-refractivity contribution is 0.120. The number of hydrogen-bond acceptors (Lipinski definition) is 2. The van der Waals surface area contributed by atoms with E-state index in [1.807, 2.05) is 0 Å². The molecule has 2 rings (SSSR count). The third-order valence-electron chi connectivity index (χ3n) is 4.52. The summed E-state index contributed by atoms with van der Waals surface area (Å²) in [7, 11) is 2.27. The molecule has 1 atom stereocenters. The lowest BCUT2D eigenvalue weighted by Crippen LogP contribution is -2.42. The standard InChI is InChI=1S/C14H28N2/c1-3-13-6-9-16(10-7-13)12-14-5-4-8-15(2)11-14/h13-14H,3-12H2,1-2H3. The van der Waals surface area contributed by atoms with Crippen molar-refractivity contribution >= 4 is 0 Å². The van der Waals surface area contributed by atoms with Crippen LogP contribution in [0, 0.1) is 11.8 Å². The predicted octanol–water partition coefficient (Wildman–Crippen LogP) is 2.45. The van der Waals surface area contributed by atoms with E-state index >= 15 is 0 Å². The summed E-state index contributed by atoms with van der Waals surface area (Å²) in [4.78, 5) is 5.23. The largest absolute Gasteiger partial charge is 0.306 e. The van der Waals surface area contributed by atoms with Crippen molar-refractivity contribution < 1.29 is 0 Å². The Morgan fingerprint density at radius 1 is 1.00 bits per heavy atom. The molecule has 2 aliphatic heterocycles. The summed E-state index contributed by atoms with van der Waals surface area (Å²) < 4.78 is 0. The van der Waals surface area contributed by atoms with Gasteiger partial charge in [-0.15, -0.1) is 0 Å². The highest BCUT2D eigenvalue weighted by molar-refractivity contribution is 4.77. The van der Waals surface area contributed by atoms with Crippen LogP contribution in [0.3, 0.4) is 0 Å². The van der Waals surface area contributed by atoms with E-state index < -0.39 is 0 Å². The zero-order valence-corrected chi connectivity index (χ0v) is 11.1. The van der Waals surface area contributed by atoms with Crippen LogP contribution in [0.25, 0.3) is 0 Å². The van der Waals surface area contributed by atoms with E-state index in [4.69, 9.17) is 0 Å². The van der Waals surface area contributed by atoms with E-state index in [9.17, 15) is 0 Å². The number of rotatable bonds is 3. The molecule has 0 aromatic heterocycles. The van der Waals surface area contributed by atoms with Crippen molar-refractivity contribution in [2.75, 3.05) is 39.8 Å². The van der Waals surface area contributed by atoms with Crippen LogP contribution in [0.5, 0.6) is 0 Å². The van der Waals surface area contributed by atoms with Gasteiger partial charge in [-0.05, 0) is 64.2 Å². The van der Waals surface area contributed by atoms with Gasteiger partial charge in [0.25, 0.3) is 0 Å². The molecule has 0 spiro atoms. The Kier molecular flexibility index (Phi) is 4.66. The van der Waals surface area contributed by atoms with Crippen LogP contribution < -0.4 is 0 Å². The highest BCUT2D eigenvalue weighted by Crippen LogP contribution is 2.22. The van der Waals surface area contributed by atoms with Crippen molar-refractivity contribution in [1.29, 1.82) is 0 Å². The van der Waals surface area contributed by atoms with Crippen LogP contribution >= 0.6 is 0 Å². The minimum absolute atomic E-state index is 0.942. The van der Waals surface area contributed by atoms with E-state index in [0.29, 0.717) is 0 Å². The molecule has 0 aromatic rings. The first-order valence-electron chi connectivity index (χ1n) is 7.18. The fraction of sp³-hybridized carbons (Fsp3) is 1.00. The van der Waals surface area contributed by atoms with E-state index in [0.717, 1.165) is 11.8 Å². The van der Waals surface area contributed by atoms with Gasteiger partial charge in [0.15, 0.2) is 0 Å². The van der Waals surface area contributed by atoms with Crippen LogP contribution in [-0.2, 0) is 0 Å². The molecule has 0 aliphatic carbocycles. The molecule has 2 heteroatoms. The summed E-state index contributed by atoms with van der Waals surface area (Å²) in [5.41, 5.74) is 0. The van der Waals surface area contributed by atoms with Gasteiger partial charge in [-0.1, -0.05) is 13.3 Å². The van der Waals surface area contributed by atoms with Gasteiger partial charge in [0, 0.05) is 13.1 Å². The van der Waals surface area contributed by atoms with Crippen LogP contribution in [-0.4, -0.2) is 49.6 Å². The van der Waals surface area contributed by atoms with Gasteiger partial charge in [-0.25, -0.2) is 0 Å². The Morgan fingerprint density at radius 3 is 2.38 bits per heavy atom. The fourth-order valence-electron chi connectivity index (χ4n) is 3.36. The topological polar surface area (TPSA) is 6.48 Å². The Bertz CT molecular complexity index is 197. The van der Waals surface area contributed by atoms with Crippen molar-refractivity contribution in [2.24, 2.45) is 11.8 Å². The van der Waals surface area contributed by atoms with E-state index in [1.54, 1.807) is 0 Å². The van der Waals surface area contributed by atoms with Crippen molar-refractivity contribution in [3.8, 4) is 0 Å². The minimum Gasteiger partial charge on any atom is -0.306 e. The molecule has 0 amide bonds. The van der Waals surface area contributed by atoms with Crippen molar-refractivity contribution in [3.63, 3.8) is 0 Å². The SMILES string of the molecule is CCC1CCN(CC2CCCN(C)C2)CC1. The molecule has 16 heavy (non-hydrogen) atoms. The number of likely N-dealkylation sites (tertiary alicyclic amines) is 2. The van der Waals surface area contributed by atoms with Crippen LogP contribution in [0.1, 0.15) is 39.0 Å². The molecule has 0 radical (unpaired) electrons. The Balaban J connectivity index is 1.69. The zero-order chi connectivity index (χ0) is 11.4. The van der Waals surface area contributed by atoms with Crippen LogP contribution in [0.2, 0.25) is 0 Å². The summed E-state index contributed by atoms with van der Waals surface area (Å²) >= 11 is 0. The summed E-state index contributed by atoms with van der Waals surface area (Å²) in [5, 5.41) is 0. The van der Waals surface area contributed by atoms with Crippen molar-refractivity contribution in [1.82, 2.24) is 9.80 Å². The van der Waals surface area contributed by atoms with Crippen molar-refractivity contribution in [2.45, 2.75) is 39.0 Å². The predicted molar refractivity (Wildman–Crippen MR) is 69.7 cm³/mol. The number of hydrogen-bond donors (Lipinski definition) is 0. The van der Waals surface area contributed by atoms with Gasteiger partial charge in [-0.2, -0.15) is 0 Å². The lowest BCUT2D eigenvalue weighted by Gasteiger charge is -2.37. The molecular formula is C14H28N2. The monoisotopic (exact) mass is 224 g/mol. The summed E-state index contributed by atoms with van der Waals surface area (Å²) in [6, 6.07) is 0. The van der Waals surface area contributed by atoms with E-state index in [2.05, 4.69) is 23.8 Å². The van der Waals surface area contributed by atoms with Crippen molar-refractivity contribution in [3.05, 3.63) is 0 Å². The number of piperidine rings is 2. The fourth-order valence-corrected chi connectivity index (χ4v) is 3.36. The van der Waals surface area contributed by atoms with E-state index in [-0.39, 0.29) is 0 Å².